The first-order chi connectivity index (χ1) is 34.8. The third-order valence-electron chi connectivity index (χ3n) is 10.7. The Bertz CT molecular complexity index is 3750. The summed E-state index contributed by atoms with van der Waals surface area (Å²) in [5.41, 5.74) is -1.02. The normalized spacial score (nSPS) is 28.4. The Labute approximate surface area is 351 Å². The van der Waals surface area contributed by atoms with Crippen molar-refractivity contribution in [1.29, 1.82) is 0 Å². The molecule has 0 aliphatic heterocycles. The molecule has 268 valence electrons. The standard InChI is InChI=1S/C53H40N2O/c1-4-14-37(15-5-1)52-54-48(36-26-24-35(25-27-36)38-29-31-51-45(32-38)44-21-11-13-23-50(44)56-51)34-49(55-52)39-28-30-43-42-20-10-12-22-46(42)53(47(43)33-39,40-16-6-2-7-17-40)41-18-8-3-9-19-41/h1-2,4-7,10-17,20-34,41H,3,8-9,18-19H2/i2D,3D,6D,7D,8D,9D,10D,12D,16D,17D,18D,19D,20D,22D,28D,30D,33D. The van der Waals surface area contributed by atoms with Gasteiger partial charge in [0.25, 0.3) is 0 Å². The lowest BCUT2D eigenvalue weighted by molar-refractivity contribution is 0.275. The van der Waals surface area contributed by atoms with Crippen LogP contribution < -0.4 is 0 Å². The zero-order chi connectivity index (χ0) is 51.8. The minimum Gasteiger partial charge on any atom is -0.456 e. The van der Waals surface area contributed by atoms with Crippen molar-refractivity contribution >= 4 is 21.9 Å². The highest BCUT2D eigenvalue weighted by Crippen LogP contribution is 2.59. The van der Waals surface area contributed by atoms with E-state index in [9.17, 15) is 12.3 Å². The fourth-order valence-electron chi connectivity index (χ4n) is 8.10. The third kappa shape index (κ3) is 5.26. The first-order valence-corrected chi connectivity index (χ1v) is 18.2. The topological polar surface area (TPSA) is 38.9 Å². The quantitative estimate of drug-likeness (QED) is 0.171. The molecule has 0 amide bonds. The Morgan fingerprint density at radius 2 is 1.21 bits per heavy atom. The summed E-state index contributed by atoms with van der Waals surface area (Å²) < 4.78 is 164. The van der Waals surface area contributed by atoms with Gasteiger partial charge in [0.2, 0.25) is 0 Å². The molecule has 7 aromatic carbocycles. The Kier molecular flexibility index (Phi) is 4.72. The van der Waals surface area contributed by atoms with Gasteiger partial charge in [-0.25, -0.2) is 9.97 Å². The lowest BCUT2D eigenvalue weighted by Crippen LogP contribution is -2.37. The zero-order valence-corrected chi connectivity index (χ0v) is 29.6. The first kappa shape index (κ1) is 19.8. The van der Waals surface area contributed by atoms with Gasteiger partial charge in [0.15, 0.2) is 5.82 Å². The van der Waals surface area contributed by atoms with Crippen molar-refractivity contribution in [3.8, 4) is 56.2 Å². The molecule has 0 bridgehead atoms. The fourth-order valence-corrected chi connectivity index (χ4v) is 8.10. The summed E-state index contributed by atoms with van der Waals surface area (Å²) in [5, 5.41) is 1.92. The van der Waals surface area contributed by atoms with Crippen LogP contribution in [0.5, 0.6) is 0 Å². The van der Waals surface area contributed by atoms with Crippen LogP contribution in [0.15, 0.2) is 180 Å². The lowest BCUT2D eigenvalue weighted by atomic mass is 9.60. The number of rotatable bonds is 6. The fraction of sp³-hybridized carbons (Fsp3) is 0.132. The Balaban J connectivity index is 1.21. The summed E-state index contributed by atoms with van der Waals surface area (Å²) in [6.45, 7) is 0. The van der Waals surface area contributed by atoms with Crippen molar-refractivity contribution in [2.24, 2.45) is 5.92 Å². The third-order valence-corrected chi connectivity index (χ3v) is 10.7. The number of para-hydroxylation sites is 1. The van der Waals surface area contributed by atoms with Gasteiger partial charge in [-0.2, -0.15) is 0 Å². The Hall–Kier alpha value is -6.58. The van der Waals surface area contributed by atoms with E-state index in [0.717, 1.165) is 33.1 Å². The van der Waals surface area contributed by atoms with Crippen LogP contribution >= 0.6 is 0 Å². The summed E-state index contributed by atoms with van der Waals surface area (Å²) in [6, 6.07) is 21.9. The second-order valence-corrected chi connectivity index (χ2v) is 13.8. The number of fused-ring (bicyclic) bond motifs is 6. The minimum absolute atomic E-state index is 0.0848. The molecule has 5 atom stereocenters. The van der Waals surface area contributed by atoms with E-state index >= 15 is 0 Å². The van der Waals surface area contributed by atoms with E-state index in [1.807, 2.05) is 60.7 Å². The molecule has 2 aromatic heterocycles. The predicted molar refractivity (Wildman–Crippen MR) is 229 cm³/mol. The monoisotopic (exact) mass is 737 g/mol. The smallest absolute Gasteiger partial charge is 0.160 e. The number of benzene rings is 7. The zero-order valence-electron chi connectivity index (χ0n) is 46.6. The molecule has 2 aliphatic rings. The summed E-state index contributed by atoms with van der Waals surface area (Å²) in [6.07, 6.45) is -8.99. The van der Waals surface area contributed by atoms with Crippen molar-refractivity contribution in [2.45, 2.75) is 37.4 Å². The molecule has 1 saturated carbocycles. The van der Waals surface area contributed by atoms with Gasteiger partial charge < -0.3 is 4.42 Å². The summed E-state index contributed by atoms with van der Waals surface area (Å²) >= 11 is 0. The number of nitrogens with zero attached hydrogens (tertiary/aromatic N) is 2. The highest BCUT2D eigenvalue weighted by atomic mass is 16.3. The maximum Gasteiger partial charge on any atom is 0.160 e. The van der Waals surface area contributed by atoms with E-state index in [4.69, 9.17) is 25.4 Å². The van der Waals surface area contributed by atoms with Crippen molar-refractivity contribution < 1.29 is 27.7 Å². The van der Waals surface area contributed by atoms with Gasteiger partial charge in [-0.3, -0.25) is 0 Å². The van der Waals surface area contributed by atoms with Gasteiger partial charge in [-0.15, -0.1) is 0 Å². The molecule has 3 nitrogen and oxygen atoms in total. The molecular formula is C53H40N2O. The first-order valence-electron chi connectivity index (χ1n) is 27.1. The second kappa shape index (κ2) is 13.3. The molecular weight excluding hydrogens is 681 g/mol. The molecule has 0 spiro atoms. The van der Waals surface area contributed by atoms with Gasteiger partial charge in [0, 0.05) is 39.7 Å². The molecule has 3 heteroatoms. The maximum atomic E-state index is 10.4. The van der Waals surface area contributed by atoms with Crippen LogP contribution in [0, 0.1) is 5.92 Å². The molecule has 1 fully saturated rings. The number of hydrogen-bond donors (Lipinski definition) is 0. The second-order valence-electron chi connectivity index (χ2n) is 13.8. The van der Waals surface area contributed by atoms with Crippen molar-refractivity contribution in [3.05, 3.63) is 192 Å². The van der Waals surface area contributed by atoms with E-state index in [2.05, 4.69) is 6.07 Å². The predicted octanol–water partition coefficient (Wildman–Crippen LogP) is 13.9. The largest absolute Gasteiger partial charge is 0.456 e. The van der Waals surface area contributed by atoms with Crippen LogP contribution in [-0.2, 0) is 5.41 Å². The summed E-state index contributed by atoms with van der Waals surface area (Å²) in [5.74, 6) is -1.78. The van der Waals surface area contributed by atoms with Crippen LogP contribution in [0.4, 0.5) is 0 Å². The van der Waals surface area contributed by atoms with Gasteiger partial charge in [-0.05, 0) is 88.0 Å². The average molecular weight is 738 g/mol. The lowest BCUT2D eigenvalue weighted by Gasteiger charge is -2.42. The molecule has 2 heterocycles. The SMILES string of the molecule is [2H]c1c([2H])c([2H])c(C2(C3C([2H])C([2H])C([2H])C([2H])C3[2H])c3c([2H])c([2H])c([2H])c([2H])c3-c3c([2H])c([2H])c(-c4cc(-c5ccc(-c6ccc7oc8ccccc8c7c6)cc5)nc(-c5ccccc5)n4)c([2H])c32)c([2H])c1[2H]. The number of hydrogen-bond acceptors (Lipinski definition) is 3. The van der Waals surface area contributed by atoms with Gasteiger partial charge in [0.05, 0.1) is 27.8 Å². The van der Waals surface area contributed by atoms with Gasteiger partial charge in [-0.1, -0.05) is 165 Å². The van der Waals surface area contributed by atoms with Gasteiger partial charge in [0.1, 0.15) is 11.2 Å². The van der Waals surface area contributed by atoms with Crippen LogP contribution in [0.1, 0.15) is 72.0 Å². The molecule has 11 rings (SSSR count). The molecule has 56 heavy (non-hydrogen) atoms. The average Bonchev–Trinajstić information content (AvgIpc) is 3.98. The highest BCUT2D eigenvalue weighted by Gasteiger charge is 2.50. The molecule has 0 radical (unpaired) electrons. The van der Waals surface area contributed by atoms with Gasteiger partial charge >= 0.3 is 0 Å². The molecule has 2 aliphatic carbocycles. The molecule has 9 aromatic rings. The summed E-state index contributed by atoms with van der Waals surface area (Å²) in [7, 11) is 0. The number of aromatic nitrogens is 2. The molecule has 0 N–H and O–H groups in total. The van der Waals surface area contributed by atoms with E-state index in [0.29, 0.717) is 16.8 Å². The van der Waals surface area contributed by atoms with E-state index in [1.165, 1.54) is 6.07 Å². The van der Waals surface area contributed by atoms with Crippen molar-refractivity contribution in [2.75, 3.05) is 0 Å². The van der Waals surface area contributed by atoms with Crippen LogP contribution in [0.2, 0.25) is 0 Å². The van der Waals surface area contributed by atoms with Crippen molar-refractivity contribution in [3.63, 3.8) is 0 Å². The van der Waals surface area contributed by atoms with Crippen LogP contribution in [0.25, 0.3) is 78.1 Å². The van der Waals surface area contributed by atoms with E-state index in [-0.39, 0.29) is 17.1 Å². The Morgan fingerprint density at radius 3 is 2.05 bits per heavy atom. The van der Waals surface area contributed by atoms with Crippen LogP contribution in [-0.4, -0.2) is 9.97 Å². The molecule has 0 saturated heterocycles. The van der Waals surface area contributed by atoms with E-state index in [1.54, 1.807) is 30.3 Å². The number of furan rings is 1. The van der Waals surface area contributed by atoms with E-state index < -0.39 is 144 Å². The summed E-state index contributed by atoms with van der Waals surface area (Å²) in [4.78, 5) is 9.83. The highest BCUT2D eigenvalue weighted by molar-refractivity contribution is 6.06. The van der Waals surface area contributed by atoms with Crippen LogP contribution in [0.3, 0.4) is 0 Å². The molecule has 5 unspecified atom stereocenters. The Morgan fingerprint density at radius 1 is 0.536 bits per heavy atom. The minimum atomic E-state index is -2.73. The van der Waals surface area contributed by atoms with Crippen molar-refractivity contribution in [1.82, 2.24) is 9.97 Å². The maximum absolute atomic E-state index is 10.4.